The van der Waals surface area contributed by atoms with Gasteiger partial charge in [-0.1, -0.05) is 35.8 Å². The fourth-order valence-corrected chi connectivity index (χ4v) is 7.09. The van der Waals surface area contributed by atoms with Crippen molar-refractivity contribution in [3.63, 3.8) is 0 Å². The first-order valence-electron chi connectivity index (χ1n) is 9.57. The number of hydrogen-bond acceptors (Lipinski definition) is 3. The molecule has 2 spiro atoms. The minimum atomic E-state index is -0.835. The first-order valence-corrected chi connectivity index (χ1v) is 10.8. The Morgan fingerprint density at radius 2 is 2.07 bits per heavy atom. The van der Waals surface area contributed by atoms with Crippen molar-refractivity contribution in [1.29, 1.82) is 0 Å². The standard InChI is InChI=1S/C20H20BrClN4O2/c1-18(2)14(22)9-19-12-8-16(27)25(19)6-5-15-20(18,24-17(28)23-15)26(19)13-7-10(21)3-4-11(12)13/h3-5,7,12,14H,6,8-9H2,1-2H3,(H2,23,24,28). The van der Waals surface area contributed by atoms with E-state index in [2.05, 4.69) is 57.4 Å². The Hall–Kier alpha value is -1.73. The number of benzene rings is 1. The molecule has 5 aliphatic rings. The summed E-state index contributed by atoms with van der Waals surface area (Å²) in [6.07, 6.45) is 3.12. The molecule has 4 unspecified atom stereocenters. The summed E-state index contributed by atoms with van der Waals surface area (Å²) < 4.78 is 0.974. The van der Waals surface area contributed by atoms with E-state index in [0.717, 1.165) is 21.4 Å². The van der Waals surface area contributed by atoms with Crippen LogP contribution < -0.4 is 15.5 Å². The third-order valence-corrected chi connectivity index (χ3v) is 8.84. The number of piperidine rings is 1. The van der Waals surface area contributed by atoms with Gasteiger partial charge < -0.3 is 20.4 Å². The van der Waals surface area contributed by atoms with Gasteiger partial charge in [-0.2, -0.15) is 0 Å². The molecule has 0 radical (unpaired) electrons. The minimum absolute atomic E-state index is 0.0302. The topological polar surface area (TPSA) is 64.7 Å². The van der Waals surface area contributed by atoms with Crippen LogP contribution >= 0.6 is 27.5 Å². The Morgan fingerprint density at radius 1 is 1.29 bits per heavy atom. The van der Waals surface area contributed by atoms with Crippen LogP contribution in [0.25, 0.3) is 0 Å². The van der Waals surface area contributed by atoms with E-state index in [1.807, 2.05) is 17.0 Å². The fraction of sp³-hybridized carbons (Fsp3) is 0.500. The normalized spacial score (nSPS) is 38.9. The molecule has 1 aromatic carbocycles. The molecule has 6 rings (SSSR count). The van der Waals surface area contributed by atoms with Crippen molar-refractivity contribution < 1.29 is 9.59 Å². The van der Waals surface area contributed by atoms with Gasteiger partial charge in [0.25, 0.3) is 0 Å². The van der Waals surface area contributed by atoms with Gasteiger partial charge in [-0.05, 0) is 23.8 Å². The highest BCUT2D eigenvalue weighted by Gasteiger charge is 2.76. The lowest BCUT2D eigenvalue weighted by Crippen LogP contribution is -2.79. The van der Waals surface area contributed by atoms with E-state index < -0.39 is 16.7 Å². The summed E-state index contributed by atoms with van der Waals surface area (Å²) in [4.78, 5) is 30.0. The number of nitrogens with zero attached hydrogens (tertiary/aromatic N) is 2. The van der Waals surface area contributed by atoms with Crippen molar-refractivity contribution in [1.82, 2.24) is 15.5 Å². The fourth-order valence-electron chi connectivity index (χ4n) is 6.35. The molecule has 3 saturated heterocycles. The lowest BCUT2D eigenvalue weighted by atomic mass is 9.65. The SMILES string of the molecule is CC1(C)C(Cl)CC23C4CC(=O)N2CC=C2NC(=O)NC21N3c1cc(Br)ccc14. The van der Waals surface area contributed by atoms with Crippen LogP contribution in [0.4, 0.5) is 10.5 Å². The highest BCUT2D eigenvalue weighted by atomic mass is 79.9. The summed E-state index contributed by atoms with van der Waals surface area (Å²) in [5.74, 6) is 0.174. The lowest BCUT2D eigenvalue weighted by Gasteiger charge is -2.63. The number of nitrogens with one attached hydrogen (secondary N) is 2. The molecular weight excluding hydrogens is 444 g/mol. The van der Waals surface area contributed by atoms with Crippen LogP contribution in [0.5, 0.6) is 0 Å². The zero-order valence-electron chi connectivity index (χ0n) is 15.6. The Labute approximate surface area is 176 Å². The number of halogens is 2. The van der Waals surface area contributed by atoms with Crippen LogP contribution in [0.3, 0.4) is 0 Å². The molecule has 0 saturated carbocycles. The van der Waals surface area contributed by atoms with Crippen LogP contribution in [-0.2, 0) is 4.79 Å². The average Bonchev–Trinajstić information content (AvgIpc) is 3.14. The molecule has 5 aliphatic heterocycles. The quantitative estimate of drug-likeness (QED) is 0.581. The third-order valence-electron chi connectivity index (χ3n) is 7.64. The summed E-state index contributed by atoms with van der Waals surface area (Å²) in [5, 5.41) is 6.03. The Kier molecular flexibility index (Phi) is 2.99. The largest absolute Gasteiger partial charge is 0.321 e. The molecule has 6 nitrogen and oxygen atoms in total. The van der Waals surface area contributed by atoms with Crippen molar-refractivity contribution in [2.24, 2.45) is 5.41 Å². The second-order valence-electron chi connectivity index (χ2n) is 8.98. The van der Waals surface area contributed by atoms with Gasteiger partial charge in [0.1, 0.15) is 5.66 Å². The first kappa shape index (κ1) is 17.2. The maximum absolute atomic E-state index is 13.1. The first-order chi connectivity index (χ1) is 13.2. The molecule has 3 amide bonds. The summed E-state index contributed by atoms with van der Waals surface area (Å²) in [5.41, 5.74) is 1.13. The molecule has 0 aromatic heterocycles. The van der Waals surface area contributed by atoms with Crippen LogP contribution in [0.2, 0.25) is 0 Å². The monoisotopic (exact) mass is 462 g/mol. The van der Waals surface area contributed by atoms with E-state index in [0.29, 0.717) is 19.4 Å². The zero-order chi connectivity index (χ0) is 19.6. The van der Waals surface area contributed by atoms with E-state index in [9.17, 15) is 9.59 Å². The van der Waals surface area contributed by atoms with E-state index in [-0.39, 0.29) is 23.2 Å². The molecular formula is C20H20BrClN4O2. The van der Waals surface area contributed by atoms with E-state index in [1.54, 1.807) is 0 Å². The number of carbonyl (C=O) groups is 2. The van der Waals surface area contributed by atoms with Crippen molar-refractivity contribution in [3.05, 3.63) is 40.0 Å². The summed E-state index contributed by atoms with van der Waals surface area (Å²) >= 11 is 10.7. The number of fused-ring (bicyclic) bond motifs is 2. The highest BCUT2D eigenvalue weighted by molar-refractivity contribution is 9.10. The number of amides is 3. The summed E-state index contributed by atoms with van der Waals surface area (Å²) in [7, 11) is 0. The minimum Gasteiger partial charge on any atom is -0.319 e. The Bertz CT molecular complexity index is 1010. The van der Waals surface area contributed by atoms with Crippen molar-refractivity contribution in [2.45, 2.75) is 49.3 Å². The van der Waals surface area contributed by atoms with Crippen LogP contribution in [0, 0.1) is 5.41 Å². The lowest BCUT2D eigenvalue weighted by molar-refractivity contribution is -0.132. The molecule has 146 valence electrons. The molecule has 2 bridgehead atoms. The Balaban J connectivity index is 1.75. The van der Waals surface area contributed by atoms with Gasteiger partial charge in [0.05, 0.1) is 5.70 Å². The maximum atomic E-state index is 13.1. The number of alkyl halides is 1. The Morgan fingerprint density at radius 3 is 2.86 bits per heavy atom. The van der Waals surface area contributed by atoms with E-state index in [1.165, 1.54) is 0 Å². The summed E-state index contributed by atoms with van der Waals surface area (Å²) in [6.45, 7) is 4.69. The van der Waals surface area contributed by atoms with Crippen LogP contribution in [0.1, 0.15) is 38.2 Å². The van der Waals surface area contributed by atoms with E-state index >= 15 is 0 Å². The van der Waals surface area contributed by atoms with Gasteiger partial charge >= 0.3 is 6.03 Å². The van der Waals surface area contributed by atoms with Crippen molar-refractivity contribution >= 4 is 45.2 Å². The van der Waals surface area contributed by atoms with Gasteiger partial charge in [0, 0.05) is 46.3 Å². The van der Waals surface area contributed by atoms with Gasteiger partial charge in [0.2, 0.25) is 5.91 Å². The molecule has 3 fully saturated rings. The summed E-state index contributed by atoms with van der Waals surface area (Å²) in [6, 6.07) is 6.03. The number of rotatable bonds is 0. The van der Waals surface area contributed by atoms with Gasteiger partial charge in [-0.3, -0.25) is 4.79 Å². The van der Waals surface area contributed by atoms with Crippen LogP contribution in [0.15, 0.2) is 34.4 Å². The molecule has 5 heterocycles. The highest BCUT2D eigenvalue weighted by Crippen LogP contribution is 2.67. The van der Waals surface area contributed by atoms with Crippen LogP contribution in [-0.4, -0.2) is 40.1 Å². The predicted molar refractivity (Wildman–Crippen MR) is 109 cm³/mol. The van der Waals surface area contributed by atoms with Gasteiger partial charge in [-0.25, -0.2) is 4.79 Å². The van der Waals surface area contributed by atoms with E-state index in [4.69, 9.17) is 11.6 Å². The van der Waals surface area contributed by atoms with Gasteiger partial charge in [-0.15, -0.1) is 11.6 Å². The molecule has 2 N–H and O–H groups in total. The number of anilines is 1. The average molecular weight is 464 g/mol. The zero-order valence-corrected chi connectivity index (χ0v) is 17.9. The molecule has 8 heteroatoms. The van der Waals surface area contributed by atoms with Crippen molar-refractivity contribution in [3.8, 4) is 0 Å². The molecule has 1 aromatic rings. The number of hydrogen-bond donors (Lipinski definition) is 2. The maximum Gasteiger partial charge on any atom is 0.321 e. The molecule has 4 atom stereocenters. The smallest absolute Gasteiger partial charge is 0.319 e. The number of carbonyl (C=O) groups excluding carboxylic acids is 2. The molecule has 28 heavy (non-hydrogen) atoms. The number of urea groups is 1. The predicted octanol–water partition coefficient (Wildman–Crippen LogP) is 3.23. The second kappa shape index (κ2) is 4.87. The third kappa shape index (κ3) is 1.58. The van der Waals surface area contributed by atoms with Gasteiger partial charge in [0.15, 0.2) is 5.66 Å². The second-order valence-corrected chi connectivity index (χ2v) is 10.4. The van der Waals surface area contributed by atoms with Crippen molar-refractivity contribution in [2.75, 3.05) is 11.4 Å². The molecule has 0 aliphatic carbocycles.